The molecule has 6 heteroatoms. The summed E-state index contributed by atoms with van der Waals surface area (Å²) in [5, 5.41) is 2.24. The zero-order valence-electron chi connectivity index (χ0n) is 20.8. The van der Waals surface area contributed by atoms with E-state index in [4.69, 9.17) is 9.97 Å². The molecule has 0 bridgehead atoms. The minimum Gasteiger partial charge on any atom is -0.293 e. The van der Waals surface area contributed by atoms with Crippen molar-refractivity contribution in [3.8, 4) is 17.1 Å². The number of aromatic nitrogens is 4. The average Bonchev–Trinajstić information content (AvgIpc) is 3.34. The van der Waals surface area contributed by atoms with E-state index in [9.17, 15) is 0 Å². The molecule has 0 atom stereocenters. The van der Waals surface area contributed by atoms with Crippen LogP contribution in [0.3, 0.4) is 0 Å². The number of pyridine rings is 1. The second-order valence-electron chi connectivity index (χ2n) is 9.40. The summed E-state index contributed by atoms with van der Waals surface area (Å²) in [6, 6.07) is 39.8. The average molecular weight is 520 g/mol. The van der Waals surface area contributed by atoms with Gasteiger partial charge in [-0.2, -0.15) is 4.98 Å². The predicted octanol–water partition coefficient (Wildman–Crippen LogP) is 8.57. The molecule has 1 aliphatic heterocycles. The third-order valence-electron chi connectivity index (χ3n) is 7.11. The van der Waals surface area contributed by atoms with Gasteiger partial charge in [-0.3, -0.25) is 14.5 Å². The summed E-state index contributed by atoms with van der Waals surface area (Å²) in [4.78, 5) is 19.4. The third kappa shape index (κ3) is 3.53. The van der Waals surface area contributed by atoms with Gasteiger partial charge in [-0.1, -0.05) is 84.6 Å². The fourth-order valence-electron chi connectivity index (χ4n) is 5.38. The topological polar surface area (TPSA) is 46.8 Å². The molecule has 3 aromatic heterocycles. The predicted molar refractivity (Wildman–Crippen MR) is 158 cm³/mol. The molecule has 0 unspecified atom stereocenters. The van der Waals surface area contributed by atoms with E-state index in [-0.39, 0.29) is 0 Å². The van der Waals surface area contributed by atoms with E-state index < -0.39 is 0 Å². The molecule has 0 N–H and O–H groups in total. The maximum atomic E-state index is 5.27. The lowest BCUT2D eigenvalue weighted by atomic mass is 10.1. The van der Waals surface area contributed by atoms with Crippen molar-refractivity contribution < 1.29 is 0 Å². The molecule has 0 spiro atoms. The molecule has 184 valence electrons. The summed E-state index contributed by atoms with van der Waals surface area (Å²) in [6.45, 7) is 0. The summed E-state index contributed by atoms with van der Waals surface area (Å²) < 4.78 is 2.22. The fourth-order valence-corrected chi connectivity index (χ4v) is 6.43. The summed E-state index contributed by atoms with van der Waals surface area (Å²) in [6.07, 6.45) is 3.77. The Kier molecular flexibility index (Phi) is 5.00. The summed E-state index contributed by atoms with van der Waals surface area (Å²) in [7, 11) is 0. The maximum absolute atomic E-state index is 5.27. The molecule has 4 aromatic carbocycles. The number of fused-ring (bicyclic) bond motifs is 5. The first-order valence-electron chi connectivity index (χ1n) is 12.8. The van der Waals surface area contributed by atoms with Crippen molar-refractivity contribution in [2.45, 2.75) is 9.79 Å². The molecule has 0 saturated heterocycles. The molecule has 5 nitrogen and oxygen atoms in total. The van der Waals surface area contributed by atoms with Gasteiger partial charge in [0.15, 0.2) is 0 Å². The molecule has 1 aliphatic rings. The quantitative estimate of drug-likeness (QED) is 0.234. The zero-order chi connectivity index (χ0) is 25.8. The Bertz CT molecular complexity index is 1920. The van der Waals surface area contributed by atoms with E-state index in [0.29, 0.717) is 5.95 Å². The maximum Gasteiger partial charge on any atom is 0.237 e. The van der Waals surface area contributed by atoms with Gasteiger partial charge in [0.05, 0.1) is 28.1 Å². The summed E-state index contributed by atoms with van der Waals surface area (Å²) in [5.41, 5.74) is 6.19. The lowest BCUT2D eigenvalue weighted by molar-refractivity contribution is 0.995. The number of para-hydroxylation sites is 3. The largest absolute Gasteiger partial charge is 0.293 e. The van der Waals surface area contributed by atoms with Gasteiger partial charge >= 0.3 is 0 Å². The number of anilines is 3. The van der Waals surface area contributed by atoms with Gasteiger partial charge in [-0.15, -0.1) is 0 Å². The van der Waals surface area contributed by atoms with Crippen molar-refractivity contribution in [2.75, 3.05) is 4.90 Å². The standard InChI is InChI=1S/C33H21N5S/c1-2-10-22(11-3-1)25-20-32(37-26-13-5-4-12-23(26)24-21-34-19-18-27(24)37)36-33(35-25)38-28-14-6-8-16-30(28)39-31-17-9-7-15-29(31)38/h1-21H. The first kappa shape index (κ1) is 22.1. The molecule has 4 heterocycles. The molecule has 0 aliphatic carbocycles. The molecule has 8 rings (SSSR count). The van der Waals surface area contributed by atoms with Gasteiger partial charge in [0.1, 0.15) is 5.82 Å². The SMILES string of the molecule is c1ccc(-c2cc(-n3c4ccccc4c4cnccc43)nc(N3c4ccccc4Sc4ccccc43)n2)cc1. The zero-order valence-corrected chi connectivity index (χ0v) is 21.6. The van der Waals surface area contributed by atoms with Gasteiger partial charge in [0.25, 0.3) is 0 Å². The van der Waals surface area contributed by atoms with E-state index in [0.717, 1.165) is 50.3 Å². The van der Waals surface area contributed by atoms with Crippen molar-refractivity contribution in [1.29, 1.82) is 0 Å². The highest BCUT2D eigenvalue weighted by Crippen LogP contribution is 2.50. The number of hydrogen-bond acceptors (Lipinski definition) is 5. The molecule has 7 aromatic rings. The van der Waals surface area contributed by atoms with Crippen LogP contribution in [0.2, 0.25) is 0 Å². The Hall–Kier alpha value is -4.94. The molecular weight excluding hydrogens is 498 g/mol. The summed E-state index contributed by atoms with van der Waals surface area (Å²) >= 11 is 1.78. The van der Waals surface area contributed by atoms with Crippen LogP contribution in [0.4, 0.5) is 17.3 Å². The van der Waals surface area contributed by atoms with Crippen molar-refractivity contribution in [3.05, 3.63) is 128 Å². The van der Waals surface area contributed by atoms with Crippen LogP contribution in [0.15, 0.2) is 137 Å². The molecule has 0 radical (unpaired) electrons. The van der Waals surface area contributed by atoms with Crippen LogP contribution in [0.25, 0.3) is 38.9 Å². The minimum atomic E-state index is 0.631. The second kappa shape index (κ2) is 8.82. The Morgan fingerprint density at radius 3 is 2.05 bits per heavy atom. The van der Waals surface area contributed by atoms with Gasteiger partial charge in [-0.05, 0) is 36.4 Å². The molecule has 39 heavy (non-hydrogen) atoms. The van der Waals surface area contributed by atoms with Gasteiger partial charge < -0.3 is 0 Å². The van der Waals surface area contributed by atoms with Crippen molar-refractivity contribution in [3.63, 3.8) is 0 Å². The van der Waals surface area contributed by atoms with E-state index in [1.165, 1.54) is 9.79 Å². The van der Waals surface area contributed by atoms with Gasteiger partial charge in [0.2, 0.25) is 5.95 Å². The number of benzene rings is 4. The highest BCUT2D eigenvalue weighted by Gasteiger charge is 2.27. The van der Waals surface area contributed by atoms with E-state index >= 15 is 0 Å². The van der Waals surface area contributed by atoms with E-state index in [1.54, 1.807) is 11.8 Å². The molecule has 0 fully saturated rings. The monoisotopic (exact) mass is 519 g/mol. The van der Waals surface area contributed by atoms with Gasteiger partial charge in [-0.25, -0.2) is 4.98 Å². The van der Waals surface area contributed by atoms with Crippen molar-refractivity contribution >= 4 is 50.9 Å². The number of nitrogens with zero attached hydrogens (tertiary/aromatic N) is 5. The lowest BCUT2D eigenvalue weighted by Crippen LogP contribution is -2.18. The normalized spacial score (nSPS) is 12.5. The Morgan fingerprint density at radius 2 is 1.26 bits per heavy atom. The number of rotatable bonds is 3. The Balaban J connectivity index is 1.45. The third-order valence-corrected chi connectivity index (χ3v) is 8.24. The van der Waals surface area contributed by atoms with Crippen LogP contribution in [-0.2, 0) is 0 Å². The van der Waals surface area contributed by atoms with E-state index in [1.807, 2.05) is 30.6 Å². The van der Waals surface area contributed by atoms with Crippen LogP contribution < -0.4 is 4.90 Å². The lowest BCUT2D eigenvalue weighted by Gasteiger charge is -2.31. The molecule has 0 saturated carbocycles. The highest BCUT2D eigenvalue weighted by molar-refractivity contribution is 7.99. The van der Waals surface area contributed by atoms with Crippen molar-refractivity contribution in [2.24, 2.45) is 0 Å². The fraction of sp³-hybridized carbons (Fsp3) is 0. The van der Waals surface area contributed by atoms with Crippen LogP contribution in [-0.4, -0.2) is 19.5 Å². The molecule has 0 amide bonds. The first-order valence-corrected chi connectivity index (χ1v) is 13.6. The van der Waals surface area contributed by atoms with Crippen molar-refractivity contribution in [1.82, 2.24) is 19.5 Å². The smallest absolute Gasteiger partial charge is 0.237 e. The van der Waals surface area contributed by atoms with Crippen LogP contribution in [0, 0.1) is 0 Å². The highest BCUT2D eigenvalue weighted by atomic mass is 32.2. The molecular formula is C33H21N5S. The van der Waals surface area contributed by atoms with E-state index in [2.05, 4.69) is 112 Å². The Morgan fingerprint density at radius 1 is 0.590 bits per heavy atom. The Labute approximate surface area is 229 Å². The van der Waals surface area contributed by atoms with Crippen LogP contribution in [0.5, 0.6) is 0 Å². The second-order valence-corrected chi connectivity index (χ2v) is 10.5. The summed E-state index contributed by atoms with van der Waals surface area (Å²) in [5.74, 6) is 1.44. The minimum absolute atomic E-state index is 0.631. The van der Waals surface area contributed by atoms with Gasteiger partial charge in [0, 0.05) is 44.6 Å². The van der Waals surface area contributed by atoms with Crippen LogP contribution in [0.1, 0.15) is 0 Å². The number of hydrogen-bond donors (Lipinski definition) is 0. The van der Waals surface area contributed by atoms with Crippen LogP contribution >= 0.6 is 11.8 Å². The first-order chi connectivity index (χ1) is 19.3.